The molecule has 34 heavy (non-hydrogen) atoms. The van der Waals surface area contributed by atoms with Gasteiger partial charge in [0, 0.05) is 0 Å². The van der Waals surface area contributed by atoms with Crippen LogP contribution < -0.4 is 4.74 Å². The standard InChI is InChI=1S/C33H56O/c1-3-5-7-8-10-13-28-15-17-30(18-16-28)14-11-27-34-33-25-23-32(24-26-33)31-21-19-29(20-22-31)12-9-6-4-2/h23-26,28-31H,3-22,27H2,1-2H3. The zero-order chi connectivity index (χ0) is 23.8. The van der Waals surface area contributed by atoms with Gasteiger partial charge in [-0.05, 0) is 79.9 Å². The van der Waals surface area contributed by atoms with Crippen molar-refractivity contribution in [3.8, 4) is 5.75 Å². The minimum Gasteiger partial charge on any atom is -0.494 e. The van der Waals surface area contributed by atoms with E-state index in [1.165, 1.54) is 128 Å². The van der Waals surface area contributed by atoms with Crippen LogP contribution in [-0.4, -0.2) is 6.61 Å². The summed E-state index contributed by atoms with van der Waals surface area (Å²) >= 11 is 0. The molecular formula is C33H56O. The lowest BCUT2D eigenvalue weighted by Crippen LogP contribution is -2.15. The van der Waals surface area contributed by atoms with Crippen molar-refractivity contribution in [3.63, 3.8) is 0 Å². The Bertz CT molecular complexity index is 604. The Morgan fingerprint density at radius 2 is 1.03 bits per heavy atom. The normalized spacial score (nSPS) is 25.4. The lowest BCUT2D eigenvalue weighted by Gasteiger charge is -2.29. The van der Waals surface area contributed by atoms with Crippen LogP contribution in [0.2, 0.25) is 0 Å². The molecule has 0 spiro atoms. The number of unbranched alkanes of at least 4 members (excludes halogenated alkanes) is 6. The van der Waals surface area contributed by atoms with Gasteiger partial charge in [-0.3, -0.25) is 0 Å². The number of hydrogen-bond donors (Lipinski definition) is 0. The molecule has 2 aliphatic rings. The van der Waals surface area contributed by atoms with E-state index in [-0.39, 0.29) is 0 Å². The highest BCUT2D eigenvalue weighted by molar-refractivity contribution is 5.29. The average molecular weight is 469 g/mol. The maximum Gasteiger partial charge on any atom is 0.119 e. The molecule has 2 fully saturated rings. The van der Waals surface area contributed by atoms with Crippen LogP contribution in [0.4, 0.5) is 0 Å². The molecule has 0 heterocycles. The summed E-state index contributed by atoms with van der Waals surface area (Å²) in [4.78, 5) is 0. The summed E-state index contributed by atoms with van der Waals surface area (Å²) in [6, 6.07) is 9.16. The fourth-order valence-electron chi connectivity index (χ4n) is 6.71. The van der Waals surface area contributed by atoms with Gasteiger partial charge in [-0.25, -0.2) is 0 Å². The molecule has 194 valence electrons. The number of hydrogen-bond acceptors (Lipinski definition) is 1. The average Bonchev–Trinajstić information content (AvgIpc) is 2.88. The molecule has 0 amide bonds. The number of rotatable bonds is 16. The van der Waals surface area contributed by atoms with Gasteiger partial charge in [0.05, 0.1) is 6.61 Å². The summed E-state index contributed by atoms with van der Waals surface area (Å²) in [7, 11) is 0. The van der Waals surface area contributed by atoms with E-state index in [1.807, 2.05) is 0 Å². The van der Waals surface area contributed by atoms with Crippen molar-refractivity contribution in [2.45, 2.75) is 148 Å². The maximum atomic E-state index is 6.12. The van der Waals surface area contributed by atoms with Crippen LogP contribution >= 0.6 is 0 Å². The van der Waals surface area contributed by atoms with Gasteiger partial charge in [0.1, 0.15) is 5.75 Å². The van der Waals surface area contributed by atoms with Gasteiger partial charge in [0.15, 0.2) is 0 Å². The topological polar surface area (TPSA) is 9.23 Å². The Morgan fingerprint density at radius 3 is 1.62 bits per heavy atom. The third-order valence-corrected chi connectivity index (χ3v) is 9.12. The highest BCUT2D eigenvalue weighted by Crippen LogP contribution is 2.38. The first-order valence-electron chi connectivity index (χ1n) is 15.5. The number of benzene rings is 1. The largest absolute Gasteiger partial charge is 0.494 e. The monoisotopic (exact) mass is 468 g/mol. The highest BCUT2D eigenvalue weighted by Gasteiger charge is 2.22. The van der Waals surface area contributed by atoms with Crippen LogP contribution in [-0.2, 0) is 0 Å². The number of ether oxygens (including phenoxy) is 1. The van der Waals surface area contributed by atoms with E-state index in [2.05, 4.69) is 38.1 Å². The molecule has 1 aromatic rings. The van der Waals surface area contributed by atoms with Gasteiger partial charge in [-0.15, -0.1) is 0 Å². The molecule has 0 aliphatic heterocycles. The predicted octanol–water partition coefficient (Wildman–Crippen LogP) is 10.9. The fraction of sp³-hybridized carbons (Fsp3) is 0.818. The Kier molecular flexibility index (Phi) is 13.5. The molecule has 0 bridgehead atoms. The minimum absolute atomic E-state index is 0.781. The van der Waals surface area contributed by atoms with Crippen molar-refractivity contribution in [1.82, 2.24) is 0 Å². The first kappa shape index (κ1) is 27.6. The first-order chi connectivity index (χ1) is 16.8. The van der Waals surface area contributed by atoms with E-state index in [9.17, 15) is 0 Å². The molecular weight excluding hydrogens is 412 g/mol. The fourth-order valence-corrected chi connectivity index (χ4v) is 6.71. The third kappa shape index (κ3) is 10.3. The van der Waals surface area contributed by atoms with Gasteiger partial charge in [-0.2, -0.15) is 0 Å². The Morgan fingerprint density at radius 1 is 0.559 bits per heavy atom. The lowest BCUT2D eigenvalue weighted by atomic mass is 9.77. The molecule has 3 rings (SSSR count). The van der Waals surface area contributed by atoms with Crippen LogP contribution in [0.25, 0.3) is 0 Å². The molecule has 1 aromatic carbocycles. The van der Waals surface area contributed by atoms with E-state index in [0.717, 1.165) is 36.0 Å². The van der Waals surface area contributed by atoms with E-state index >= 15 is 0 Å². The summed E-state index contributed by atoms with van der Waals surface area (Å²) < 4.78 is 6.12. The molecule has 2 aliphatic carbocycles. The summed E-state index contributed by atoms with van der Waals surface area (Å²) in [5.74, 6) is 4.84. The summed E-state index contributed by atoms with van der Waals surface area (Å²) in [5, 5.41) is 0. The Hall–Kier alpha value is -0.980. The van der Waals surface area contributed by atoms with Gasteiger partial charge >= 0.3 is 0 Å². The second-order valence-corrected chi connectivity index (χ2v) is 11.9. The predicted molar refractivity (Wildman–Crippen MR) is 149 cm³/mol. The Balaban J connectivity index is 1.23. The van der Waals surface area contributed by atoms with E-state index in [0.29, 0.717) is 0 Å². The highest BCUT2D eigenvalue weighted by atomic mass is 16.5. The van der Waals surface area contributed by atoms with E-state index < -0.39 is 0 Å². The minimum atomic E-state index is 0.781. The first-order valence-corrected chi connectivity index (χ1v) is 15.5. The van der Waals surface area contributed by atoms with Crippen LogP contribution in [0.5, 0.6) is 5.75 Å². The molecule has 0 radical (unpaired) electrons. The lowest BCUT2D eigenvalue weighted by molar-refractivity contribution is 0.228. The molecule has 0 atom stereocenters. The molecule has 0 aromatic heterocycles. The van der Waals surface area contributed by atoms with Crippen LogP contribution in [0, 0.1) is 17.8 Å². The Labute approximate surface area is 212 Å². The van der Waals surface area contributed by atoms with Crippen LogP contribution in [0.15, 0.2) is 24.3 Å². The molecule has 2 saturated carbocycles. The van der Waals surface area contributed by atoms with Gasteiger partial charge in [0.25, 0.3) is 0 Å². The van der Waals surface area contributed by atoms with Crippen molar-refractivity contribution in [3.05, 3.63) is 29.8 Å². The summed E-state index contributed by atoms with van der Waals surface area (Å²) in [6.45, 7) is 5.51. The molecule has 0 unspecified atom stereocenters. The van der Waals surface area contributed by atoms with Gasteiger partial charge in [0.2, 0.25) is 0 Å². The van der Waals surface area contributed by atoms with Gasteiger partial charge in [-0.1, -0.05) is 116 Å². The van der Waals surface area contributed by atoms with Crippen molar-refractivity contribution < 1.29 is 4.74 Å². The summed E-state index contributed by atoms with van der Waals surface area (Å²) in [6.07, 6.45) is 28.5. The van der Waals surface area contributed by atoms with E-state index in [1.54, 1.807) is 5.56 Å². The second-order valence-electron chi connectivity index (χ2n) is 11.9. The van der Waals surface area contributed by atoms with Crippen molar-refractivity contribution >= 4 is 0 Å². The zero-order valence-corrected chi connectivity index (χ0v) is 22.9. The zero-order valence-electron chi connectivity index (χ0n) is 22.9. The third-order valence-electron chi connectivity index (χ3n) is 9.12. The van der Waals surface area contributed by atoms with Crippen molar-refractivity contribution in [2.24, 2.45) is 17.8 Å². The smallest absolute Gasteiger partial charge is 0.119 e. The van der Waals surface area contributed by atoms with Gasteiger partial charge < -0.3 is 4.74 Å². The molecule has 1 heteroatoms. The summed E-state index contributed by atoms with van der Waals surface area (Å²) in [5.41, 5.74) is 1.54. The van der Waals surface area contributed by atoms with E-state index in [4.69, 9.17) is 4.74 Å². The SMILES string of the molecule is CCCCCCCC1CCC(CCCOc2ccc(C3CCC(CCCCC)CC3)cc2)CC1. The molecule has 0 saturated heterocycles. The molecule has 0 N–H and O–H groups in total. The maximum absolute atomic E-state index is 6.12. The van der Waals surface area contributed by atoms with Crippen molar-refractivity contribution in [1.29, 1.82) is 0 Å². The van der Waals surface area contributed by atoms with Crippen LogP contribution in [0.1, 0.15) is 154 Å². The quantitative estimate of drug-likeness (QED) is 0.219. The molecule has 1 nitrogen and oxygen atoms in total. The second kappa shape index (κ2) is 16.6. The van der Waals surface area contributed by atoms with Crippen LogP contribution in [0.3, 0.4) is 0 Å². The van der Waals surface area contributed by atoms with Crippen molar-refractivity contribution in [2.75, 3.05) is 6.61 Å².